The standard InChI is InChI=1S/C14H17NO4/c1-3-12(16)19-9(2)8-15-13(17)10-6-4-5-7-11(10)14(15)18/h3-4,6,9,17-18H,1,5,7-8H2,2H3. The van der Waals surface area contributed by atoms with Crippen LogP contribution < -0.4 is 0 Å². The van der Waals surface area contributed by atoms with Crippen LogP contribution in [0.3, 0.4) is 0 Å². The molecule has 2 N–H and O–H groups in total. The molecule has 102 valence electrons. The highest BCUT2D eigenvalue weighted by Gasteiger charge is 2.23. The zero-order valence-electron chi connectivity index (χ0n) is 10.8. The molecule has 1 unspecified atom stereocenters. The van der Waals surface area contributed by atoms with E-state index in [1.165, 1.54) is 4.57 Å². The Balaban J connectivity index is 2.21. The summed E-state index contributed by atoms with van der Waals surface area (Å²) in [4.78, 5) is 11.1. The van der Waals surface area contributed by atoms with E-state index in [9.17, 15) is 15.0 Å². The number of carbonyl (C=O) groups excluding carboxylic acids is 1. The molecule has 1 aliphatic rings. The van der Waals surface area contributed by atoms with Gasteiger partial charge in [-0.05, 0) is 19.8 Å². The highest BCUT2D eigenvalue weighted by atomic mass is 16.5. The molecule has 1 atom stereocenters. The van der Waals surface area contributed by atoms with Crippen molar-refractivity contribution in [2.75, 3.05) is 0 Å². The number of fused-ring (bicyclic) bond motifs is 1. The molecule has 0 spiro atoms. The second kappa shape index (κ2) is 5.22. The van der Waals surface area contributed by atoms with Crippen molar-refractivity contribution in [3.05, 3.63) is 29.9 Å². The van der Waals surface area contributed by atoms with E-state index < -0.39 is 12.1 Å². The van der Waals surface area contributed by atoms with E-state index in [1.54, 1.807) is 13.0 Å². The summed E-state index contributed by atoms with van der Waals surface area (Å²) in [5, 5.41) is 20.2. The highest BCUT2D eigenvalue weighted by Crippen LogP contribution is 2.38. The van der Waals surface area contributed by atoms with Gasteiger partial charge in [-0.2, -0.15) is 0 Å². The molecule has 0 amide bonds. The number of allylic oxidation sites excluding steroid dienone is 1. The minimum Gasteiger partial charge on any atom is -0.494 e. The summed E-state index contributed by atoms with van der Waals surface area (Å²) in [5.41, 5.74) is 1.38. The first-order valence-electron chi connectivity index (χ1n) is 6.17. The molecule has 0 saturated heterocycles. The lowest BCUT2D eigenvalue weighted by Gasteiger charge is -2.14. The lowest BCUT2D eigenvalue weighted by atomic mass is 10.0. The molecule has 0 aromatic carbocycles. The van der Waals surface area contributed by atoms with E-state index in [0.717, 1.165) is 18.1 Å². The number of hydrogen-bond donors (Lipinski definition) is 2. The fourth-order valence-corrected chi connectivity index (χ4v) is 2.23. The monoisotopic (exact) mass is 263 g/mol. The maximum Gasteiger partial charge on any atom is 0.330 e. The van der Waals surface area contributed by atoms with E-state index >= 15 is 0 Å². The molecule has 1 aromatic heterocycles. The Labute approximate surface area is 111 Å². The second-order valence-electron chi connectivity index (χ2n) is 4.54. The molecule has 0 fully saturated rings. The van der Waals surface area contributed by atoms with Crippen molar-refractivity contribution in [3.8, 4) is 11.8 Å². The molecule has 2 rings (SSSR count). The normalized spacial score (nSPS) is 14.8. The third-order valence-corrected chi connectivity index (χ3v) is 3.12. The number of nitrogens with zero attached hydrogens (tertiary/aromatic N) is 1. The van der Waals surface area contributed by atoms with Crippen molar-refractivity contribution < 1.29 is 19.7 Å². The zero-order valence-corrected chi connectivity index (χ0v) is 10.8. The van der Waals surface area contributed by atoms with E-state index in [-0.39, 0.29) is 18.3 Å². The van der Waals surface area contributed by atoms with Crippen molar-refractivity contribution in [2.45, 2.75) is 32.4 Å². The lowest BCUT2D eigenvalue weighted by molar-refractivity contribution is -0.142. The first kappa shape index (κ1) is 13.3. The Hall–Kier alpha value is -2.17. The second-order valence-corrected chi connectivity index (χ2v) is 4.54. The number of carbonyl (C=O) groups is 1. The smallest absolute Gasteiger partial charge is 0.330 e. The molecule has 1 heterocycles. The first-order chi connectivity index (χ1) is 9.04. The van der Waals surface area contributed by atoms with Crippen LogP contribution in [-0.4, -0.2) is 26.9 Å². The fourth-order valence-electron chi connectivity index (χ4n) is 2.23. The number of hydrogen-bond acceptors (Lipinski definition) is 4. The molecule has 0 saturated carbocycles. The van der Waals surface area contributed by atoms with Crippen LogP contribution in [0, 0.1) is 0 Å². The summed E-state index contributed by atoms with van der Waals surface area (Å²) in [6, 6.07) is 0. The van der Waals surface area contributed by atoms with Crippen molar-refractivity contribution in [3.63, 3.8) is 0 Å². The van der Waals surface area contributed by atoms with Crippen LogP contribution in [0.2, 0.25) is 0 Å². The van der Waals surface area contributed by atoms with Gasteiger partial charge in [0.15, 0.2) is 5.88 Å². The van der Waals surface area contributed by atoms with E-state index in [2.05, 4.69) is 6.58 Å². The predicted molar refractivity (Wildman–Crippen MR) is 70.9 cm³/mol. The Kier molecular flexibility index (Phi) is 3.64. The van der Waals surface area contributed by atoms with Crippen LogP contribution in [0.4, 0.5) is 0 Å². The van der Waals surface area contributed by atoms with Crippen molar-refractivity contribution in [1.82, 2.24) is 4.57 Å². The predicted octanol–water partition coefficient (Wildman–Crippen LogP) is 1.98. The van der Waals surface area contributed by atoms with Crippen molar-refractivity contribution in [2.24, 2.45) is 0 Å². The molecule has 0 bridgehead atoms. The van der Waals surface area contributed by atoms with Crippen LogP contribution in [0.1, 0.15) is 24.5 Å². The van der Waals surface area contributed by atoms with Gasteiger partial charge in [-0.3, -0.25) is 4.57 Å². The van der Waals surface area contributed by atoms with Gasteiger partial charge in [-0.1, -0.05) is 18.7 Å². The van der Waals surface area contributed by atoms with Gasteiger partial charge in [0.25, 0.3) is 0 Å². The zero-order chi connectivity index (χ0) is 14.0. The lowest BCUT2D eigenvalue weighted by Crippen LogP contribution is -2.19. The number of ether oxygens (including phenoxy) is 1. The third-order valence-electron chi connectivity index (χ3n) is 3.12. The van der Waals surface area contributed by atoms with Gasteiger partial charge >= 0.3 is 5.97 Å². The largest absolute Gasteiger partial charge is 0.494 e. The summed E-state index contributed by atoms with van der Waals surface area (Å²) in [6.45, 7) is 5.20. The molecule has 0 radical (unpaired) electrons. The van der Waals surface area contributed by atoms with Gasteiger partial charge in [0, 0.05) is 17.2 Å². The van der Waals surface area contributed by atoms with Gasteiger partial charge in [-0.25, -0.2) is 4.79 Å². The average molecular weight is 263 g/mol. The fraction of sp³-hybridized carbons (Fsp3) is 0.357. The van der Waals surface area contributed by atoms with Crippen molar-refractivity contribution in [1.29, 1.82) is 0 Å². The maximum absolute atomic E-state index is 11.1. The quantitative estimate of drug-likeness (QED) is 0.643. The molecule has 19 heavy (non-hydrogen) atoms. The number of rotatable bonds is 4. The summed E-state index contributed by atoms with van der Waals surface area (Å²) in [7, 11) is 0. The van der Waals surface area contributed by atoms with Crippen LogP contribution in [0.15, 0.2) is 18.7 Å². The molecular weight excluding hydrogens is 246 g/mol. The number of aromatic nitrogens is 1. The van der Waals surface area contributed by atoms with Gasteiger partial charge < -0.3 is 14.9 Å². The molecule has 1 aliphatic carbocycles. The SMILES string of the molecule is C=CC(=O)OC(C)Cn1c(O)c2c(c1O)CCC=C2. The van der Waals surface area contributed by atoms with Crippen molar-refractivity contribution >= 4 is 12.0 Å². The Morgan fingerprint density at radius 1 is 1.58 bits per heavy atom. The van der Waals surface area contributed by atoms with Crippen LogP contribution in [0.5, 0.6) is 11.8 Å². The Bertz CT molecular complexity index is 542. The average Bonchev–Trinajstić information content (AvgIpc) is 2.64. The minimum absolute atomic E-state index is 0.00459. The summed E-state index contributed by atoms with van der Waals surface area (Å²) in [6.07, 6.45) is 5.89. The highest BCUT2D eigenvalue weighted by molar-refractivity contribution is 5.81. The van der Waals surface area contributed by atoms with E-state index in [0.29, 0.717) is 12.0 Å². The number of aromatic hydroxyl groups is 2. The van der Waals surface area contributed by atoms with Gasteiger partial charge in [-0.15, -0.1) is 0 Å². The first-order valence-corrected chi connectivity index (χ1v) is 6.17. The van der Waals surface area contributed by atoms with Gasteiger partial charge in [0.05, 0.1) is 6.54 Å². The van der Waals surface area contributed by atoms with Gasteiger partial charge in [0.2, 0.25) is 5.88 Å². The Morgan fingerprint density at radius 3 is 2.95 bits per heavy atom. The summed E-state index contributed by atoms with van der Waals surface area (Å²) >= 11 is 0. The van der Waals surface area contributed by atoms with Crippen LogP contribution in [-0.2, 0) is 22.5 Å². The molecule has 5 heteroatoms. The maximum atomic E-state index is 11.1. The Morgan fingerprint density at radius 2 is 2.32 bits per heavy atom. The summed E-state index contributed by atoms with van der Waals surface area (Å²) < 4.78 is 6.39. The molecule has 5 nitrogen and oxygen atoms in total. The summed E-state index contributed by atoms with van der Waals surface area (Å²) in [5.74, 6) is -0.480. The molecule has 0 aliphatic heterocycles. The molecular formula is C14H17NO4. The van der Waals surface area contributed by atoms with Gasteiger partial charge in [0.1, 0.15) is 6.10 Å². The third kappa shape index (κ3) is 2.50. The van der Waals surface area contributed by atoms with Crippen LogP contribution >= 0.6 is 0 Å². The number of esters is 1. The molecule has 1 aromatic rings. The van der Waals surface area contributed by atoms with Crippen LogP contribution in [0.25, 0.3) is 6.08 Å². The van der Waals surface area contributed by atoms with E-state index in [1.807, 2.05) is 6.08 Å². The topological polar surface area (TPSA) is 71.7 Å². The minimum atomic E-state index is -0.525. The van der Waals surface area contributed by atoms with E-state index in [4.69, 9.17) is 4.74 Å².